The summed E-state index contributed by atoms with van der Waals surface area (Å²) >= 11 is 0. The van der Waals surface area contributed by atoms with Crippen LogP contribution in [0.15, 0.2) is 42.6 Å². The van der Waals surface area contributed by atoms with Crippen LogP contribution >= 0.6 is 0 Å². The lowest BCUT2D eigenvalue weighted by Gasteiger charge is -2.19. The maximum Gasteiger partial charge on any atom is 0.262 e. The highest BCUT2D eigenvalue weighted by Crippen LogP contribution is 2.36. The summed E-state index contributed by atoms with van der Waals surface area (Å²) in [4.78, 5) is 14.5. The molecule has 0 bridgehead atoms. The smallest absolute Gasteiger partial charge is 0.262 e. The third-order valence-corrected chi connectivity index (χ3v) is 3.55. The number of rotatable bonds is 1. The van der Waals surface area contributed by atoms with Crippen molar-refractivity contribution in [2.24, 2.45) is 0 Å². The van der Waals surface area contributed by atoms with Gasteiger partial charge in [0.2, 0.25) is 0 Å². The maximum atomic E-state index is 14.1. The number of carbonyl (C=O) groups is 1. The van der Waals surface area contributed by atoms with E-state index in [1.165, 1.54) is 6.07 Å². The number of hydrogen-bond donors (Lipinski definition) is 2. The first kappa shape index (κ1) is 12.0. The molecule has 4 rings (SSSR count). The Morgan fingerprint density at radius 3 is 2.90 bits per heavy atom. The second kappa shape index (κ2) is 4.34. The minimum atomic E-state index is -0.475. The van der Waals surface area contributed by atoms with E-state index in [1.54, 1.807) is 6.07 Å². The summed E-state index contributed by atoms with van der Waals surface area (Å²) in [5.41, 5.74) is 2.97. The van der Waals surface area contributed by atoms with Gasteiger partial charge in [0.05, 0.1) is 5.69 Å². The van der Waals surface area contributed by atoms with Crippen molar-refractivity contribution in [1.29, 1.82) is 0 Å². The molecule has 1 aliphatic rings. The predicted octanol–water partition coefficient (Wildman–Crippen LogP) is 3.30. The third-order valence-electron chi connectivity index (χ3n) is 3.55. The number of anilines is 1. The fraction of sp³-hybridized carbons (Fsp3) is 0.0625. The van der Waals surface area contributed by atoms with Crippen LogP contribution in [0.4, 0.5) is 10.1 Å². The molecule has 21 heavy (non-hydrogen) atoms. The van der Waals surface area contributed by atoms with Crippen molar-refractivity contribution in [2.75, 3.05) is 11.9 Å². The topological polar surface area (TPSA) is 54.1 Å². The van der Waals surface area contributed by atoms with E-state index in [1.807, 2.05) is 30.5 Å². The lowest BCUT2D eigenvalue weighted by atomic mass is 10.0. The SMILES string of the molecule is O=C1COc2c(F)cc(-c3ccc4[nH]ccc4c3)cc2N1. The van der Waals surface area contributed by atoms with Crippen LogP contribution in [-0.2, 0) is 4.79 Å². The Kier molecular flexibility index (Phi) is 2.47. The van der Waals surface area contributed by atoms with Gasteiger partial charge in [-0.2, -0.15) is 0 Å². The quantitative estimate of drug-likeness (QED) is 0.719. The molecular formula is C16H11FN2O2. The molecule has 3 aromatic rings. The van der Waals surface area contributed by atoms with Gasteiger partial charge >= 0.3 is 0 Å². The van der Waals surface area contributed by atoms with Gasteiger partial charge < -0.3 is 15.0 Å². The van der Waals surface area contributed by atoms with Gasteiger partial charge in [-0.25, -0.2) is 4.39 Å². The number of aromatic nitrogens is 1. The average molecular weight is 282 g/mol. The molecule has 0 aliphatic carbocycles. The van der Waals surface area contributed by atoms with Crippen LogP contribution in [0.1, 0.15) is 0 Å². The summed E-state index contributed by atoms with van der Waals surface area (Å²) in [6.07, 6.45) is 1.86. The van der Waals surface area contributed by atoms with Gasteiger partial charge in [0.25, 0.3) is 5.91 Å². The number of ether oxygens (including phenoxy) is 1. The number of aromatic amines is 1. The Labute approximate surface area is 119 Å². The molecule has 2 heterocycles. The molecule has 0 atom stereocenters. The van der Waals surface area contributed by atoms with E-state index >= 15 is 0 Å². The lowest BCUT2D eigenvalue weighted by Crippen LogP contribution is -2.26. The Hall–Kier alpha value is -2.82. The molecular weight excluding hydrogens is 271 g/mol. The predicted molar refractivity (Wildman–Crippen MR) is 77.8 cm³/mol. The summed E-state index contributed by atoms with van der Waals surface area (Å²) < 4.78 is 19.2. The van der Waals surface area contributed by atoms with Gasteiger partial charge in [0.1, 0.15) is 0 Å². The summed E-state index contributed by atoms with van der Waals surface area (Å²) in [5, 5.41) is 3.68. The fourth-order valence-corrected chi connectivity index (χ4v) is 2.56. The molecule has 2 aromatic carbocycles. The van der Waals surface area contributed by atoms with Crippen molar-refractivity contribution in [3.05, 3.63) is 48.4 Å². The Morgan fingerprint density at radius 1 is 1.10 bits per heavy atom. The number of nitrogens with one attached hydrogen (secondary N) is 2. The monoisotopic (exact) mass is 282 g/mol. The first-order valence-electron chi connectivity index (χ1n) is 6.54. The minimum Gasteiger partial charge on any atom is -0.478 e. The van der Waals surface area contributed by atoms with Crippen LogP contribution in [0.5, 0.6) is 5.75 Å². The highest BCUT2D eigenvalue weighted by Gasteiger charge is 2.21. The molecule has 0 saturated carbocycles. The van der Waals surface area contributed by atoms with Crippen molar-refractivity contribution in [3.63, 3.8) is 0 Å². The van der Waals surface area contributed by atoms with Crippen molar-refractivity contribution in [3.8, 4) is 16.9 Å². The molecule has 0 radical (unpaired) electrons. The van der Waals surface area contributed by atoms with Gasteiger partial charge in [0.15, 0.2) is 18.2 Å². The van der Waals surface area contributed by atoms with Crippen LogP contribution < -0.4 is 10.1 Å². The molecule has 1 aliphatic heterocycles. The zero-order chi connectivity index (χ0) is 14.4. The van der Waals surface area contributed by atoms with E-state index in [0.29, 0.717) is 11.3 Å². The van der Waals surface area contributed by atoms with Crippen LogP contribution in [0, 0.1) is 5.82 Å². The standard InChI is InChI=1S/C16H11FN2O2/c17-12-6-11(7-14-16(12)21-8-15(20)19-14)9-1-2-13-10(5-9)3-4-18-13/h1-7,18H,8H2,(H,19,20). The van der Waals surface area contributed by atoms with Crippen molar-refractivity contribution in [1.82, 2.24) is 4.98 Å². The van der Waals surface area contributed by atoms with E-state index < -0.39 is 5.82 Å². The van der Waals surface area contributed by atoms with Crippen molar-refractivity contribution >= 4 is 22.5 Å². The summed E-state index contributed by atoms with van der Waals surface area (Å²) in [5.74, 6) is -0.655. The van der Waals surface area contributed by atoms with E-state index in [9.17, 15) is 9.18 Å². The molecule has 1 aromatic heterocycles. The third kappa shape index (κ3) is 1.94. The summed E-state index contributed by atoms with van der Waals surface area (Å²) in [6, 6.07) is 10.9. The number of H-pyrrole nitrogens is 1. The molecule has 0 spiro atoms. The van der Waals surface area contributed by atoms with E-state index in [4.69, 9.17) is 4.74 Å². The summed E-state index contributed by atoms with van der Waals surface area (Å²) in [7, 11) is 0. The molecule has 1 amide bonds. The maximum absolute atomic E-state index is 14.1. The largest absolute Gasteiger partial charge is 0.478 e. The van der Waals surface area contributed by atoms with Gasteiger partial charge in [-0.15, -0.1) is 0 Å². The zero-order valence-electron chi connectivity index (χ0n) is 10.9. The number of carbonyl (C=O) groups excluding carboxylic acids is 1. The van der Waals surface area contributed by atoms with Gasteiger partial charge in [0, 0.05) is 11.7 Å². The van der Waals surface area contributed by atoms with Crippen LogP contribution in [0.25, 0.3) is 22.0 Å². The van der Waals surface area contributed by atoms with Crippen LogP contribution in [0.3, 0.4) is 0 Å². The highest BCUT2D eigenvalue weighted by molar-refractivity contribution is 5.96. The zero-order valence-corrected chi connectivity index (χ0v) is 10.9. The first-order valence-corrected chi connectivity index (χ1v) is 6.54. The molecule has 4 nitrogen and oxygen atoms in total. The Morgan fingerprint density at radius 2 is 2.00 bits per heavy atom. The number of hydrogen-bond acceptors (Lipinski definition) is 2. The Bertz CT molecular complexity index is 870. The number of benzene rings is 2. The fourth-order valence-electron chi connectivity index (χ4n) is 2.56. The number of halogens is 1. The molecule has 2 N–H and O–H groups in total. The number of amides is 1. The summed E-state index contributed by atoms with van der Waals surface area (Å²) in [6.45, 7) is -0.154. The van der Waals surface area contributed by atoms with Crippen LogP contribution in [-0.4, -0.2) is 17.5 Å². The Balaban J connectivity index is 1.86. The van der Waals surface area contributed by atoms with Gasteiger partial charge in [-0.05, 0) is 46.8 Å². The van der Waals surface area contributed by atoms with E-state index in [-0.39, 0.29) is 18.3 Å². The highest BCUT2D eigenvalue weighted by atomic mass is 19.1. The molecule has 104 valence electrons. The second-order valence-electron chi connectivity index (χ2n) is 4.95. The normalized spacial score (nSPS) is 13.7. The second-order valence-corrected chi connectivity index (χ2v) is 4.95. The molecule has 0 unspecified atom stereocenters. The van der Waals surface area contributed by atoms with E-state index in [2.05, 4.69) is 10.3 Å². The molecule has 5 heteroatoms. The van der Waals surface area contributed by atoms with Crippen LogP contribution in [0.2, 0.25) is 0 Å². The minimum absolute atomic E-state index is 0.0982. The number of fused-ring (bicyclic) bond motifs is 2. The average Bonchev–Trinajstić information content (AvgIpc) is 2.94. The van der Waals surface area contributed by atoms with E-state index in [0.717, 1.165) is 16.5 Å². The molecule has 0 saturated heterocycles. The first-order chi connectivity index (χ1) is 10.2. The van der Waals surface area contributed by atoms with Crippen molar-refractivity contribution in [2.45, 2.75) is 0 Å². The van der Waals surface area contributed by atoms with Gasteiger partial charge in [-0.3, -0.25) is 4.79 Å². The lowest BCUT2D eigenvalue weighted by molar-refractivity contribution is -0.118. The van der Waals surface area contributed by atoms with Crippen molar-refractivity contribution < 1.29 is 13.9 Å². The molecule has 0 fully saturated rings. The van der Waals surface area contributed by atoms with Gasteiger partial charge in [-0.1, -0.05) is 6.07 Å².